The van der Waals surface area contributed by atoms with Crippen molar-refractivity contribution in [3.8, 4) is 5.69 Å². The van der Waals surface area contributed by atoms with Gasteiger partial charge in [-0.15, -0.1) is 0 Å². The fourth-order valence-corrected chi connectivity index (χ4v) is 3.23. The molecule has 0 bridgehead atoms. The maximum absolute atomic E-state index is 14.0. The minimum absolute atomic E-state index is 0.157. The molecule has 0 amide bonds. The molecule has 2 aromatic rings. The summed E-state index contributed by atoms with van der Waals surface area (Å²) in [5.41, 5.74) is 2.11. The normalized spacial score (nSPS) is 21.9. The topological polar surface area (TPSA) is 44.1 Å². The number of hydrogen-bond donors (Lipinski definition) is 0. The lowest BCUT2D eigenvalue weighted by Gasteiger charge is -2.07. The van der Waals surface area contributed by atoms with E-state index in [0.717, 1.165) is 30.2 Å². The molecule has 21 heavy (non-hydrogen) atoms. The smallest absolute Gasteiger partial charge is 0.358 e. The Morgan fingerprint density at radius 2 is 2.24 bits per heavy atom. The van der Waals surface area contributed by atoms with Crippen molar-refractivity contribution in [2.45, 2.75) is 18.8 Å². The third-order valence-corrected chi connectivity index (χ3v) is 4.29. The Morgan fingerprint density at radius 1 is 1.43 bits per heavy atom. The highest BCUT2D eigenvalue weighted by molar-refractivity contribution is 5.90. The van der Waals surface area contributed by atoms with Gasteiger partial charge in [-0.05, 0) is 36.8 Å². The number of nitrogens with zero attached hydrogens (tertiary/aromatic N) is 2. The summed E-state index contributed by atoms with van der Waals surface area (Å²) in [7, 11) is 1.30. The minimum Gasteiger partial charge on any atom is -0.464 e. The average Bonchev–Trinajstić information content (AvgIpc) is 2.97. The van der Waals surface area contributed by atoms with Gasteiger partial charge in [-0.2, -0.15) is 5.10 Å². The predicted octanol–water partition coefficient (Wildman–Crippen LogP) is 2.60. The summed E-state index contributed by atoms with van der Waals surface area (Å²) in [4.78, 5) is 11.9. The van der Waals surface area contributed by atoms with E-state index < -0.39 is 17.6 Å². The van der Waals surface area contributed by atoms with Crippen molar-refractivity contribution in [3.63, 3.8) is 0 Å². The number of fused-ring (bicyclic) bond motifs is 3. The van der Waals surface area contributed by atoms with E-state index in [-0.39, 0.29) is 11.4 Å². The van der Waals surface area contributed by atoms with Crippen LogP contribution >= 0.6 is 0 Å². The third kappa shape index (κ3) is 1.71. The second kappa shape index (κ2) is 4.13. The van der Waals surface area contributed by atoms with E-state index in [1.54, 1.807) is 0 Å². The van der Waals surface area contributed by atoms with E-state index in [2.05, 4.69) is 5.10 Å². The molecule has 2 atom stereocenters. The molecule has 2 aliphatic rings. The van der Waals surface area contributed by atoms with Crippen LogP contribution in [0.1, 0.15) is 34.1 Å². The van der Waals surface area contributed by atoms with E-state index in [0.29, 0.717) is 11.8 Å². The molecular weight excluding hydrogens is 278 g/mol. The van der Waals surface area contributed by atoms with Crippen LogP contribution in [-0.2, 0) is 11.2 Å². The molecule has 0 aliphatic heterocycles. The summed E-state index contributed by atoms with van der Waals surface area (Å²) in [6, 6.07) is 3.33. The van der Waals surface area contributed by atoms with E-state index in [4.69, 9.17) is 4.74 Å². The summed E-state index contributed by atoms with van der Waals surface area (Å²) >= 11 is 0. The lowest BCUT2D eigenvalue weighted by atomic mass is 10.1. The molecule has 1 fully saturated rings. The molecular formula is C15H12F2N2O2. The Morgan fingerprint density at radius 3 is 2.95 bits per heavy atom. The van der Waals surface area contributed by atoms with Crippen molar-refractivity contribution in [2.75, 3.05) is 7.11 Å². The zero-order chi connectivity index (χ0) is 14.7. The van der Waals surface area contributed by atoms with Gasteiger partial charge < -0.3 is 4.74 Å². The number of carbonyl (C=O) groups is 1. The van der Waals surface area contributed by atoms with E-state index in [1.807, 2.05) is 0 Å². The summed E-state index contributed by atoms with van der Waals surface area (Å²) in [6.07, 6.45) is 1.80. The van der Waals surface area contributed by atoms with Gasteiger partial charge in [0.1, 0.15) is 11.5 Å². The average molecular weight is 290 g/mol. The van der Waals surface area contributed by atoms with Crippen LogP contribution in [0, 0.1) is 17.6 Å². The molecule has 0 spiro atoms. The standard InChI is InChI=1S/C15H12F2N2O2/c1-21-15(20)14-13-9-4-7(9)5-12(13)19(18-14)11-3-2-8(16)6-10(11)17/h2-3,6-7,9H,4-5H2,1H3. The molecule has 108 valence electrons. The van der Waals surface area contributed by atoms with Crippen LogP contribution in [0.3, 0.4) is 0 Å². The first-order valence-corrected chi connectivity index (χ1v) is 6.75. The molecule has 2 unspecified atom stereocenters. The monoisotopic (exact) mass is 290 g/mol. The molecule has 1 saturated carbocycles. The maximum atomic E-state index is 14.0. The fourth-order valence-electron chi connectivity index (χ4n) is 3.23. The largest absolute Gasteiger partial charge is 0.464 e. The van der Waals surface area contributed by atoms with Crippen LogP contribution < -0.4 is 0 Å². The van der Waals surface area contributed by atoms with Crippen LogP contribution in [-0.4, -0.2) is 22.9 Å². The van der Waals surface area contributed by atoms with Crippen LogP contribution in [0.4, 0.5) is 8.78 Å². The highest BCUT2D eigenvalue weighted by atomic mass is 19.1. The van der Waals surface area contributed by atoms with Gasteiger partial charge in [-0.3, -0.25) is 0 Å². The molecule has 0 radical (unpaired) electrons. The second-order valence-electron chi connectivity index (χ2n) is 5.51. The van der Waals surface area contributed by atoms with Crippen molar-refractivity contribution in [2.24, 2.45) is 5.92 Å². The molecule has 1 aromatic carbocycles. The Balaban J connectivity index is 1.90. The van der Waals surface area contributed by atoms with Gasteiger partial charge in [0.05, 0.1) is 7.11 Å². The number of ether oxygens (including phenoxy) is 1. The first kappa shape index (κ1) is 12.5. The van der Waals surface area contributed by atoms with Crippen molar-refractivity contribution < 1.29 is 18.3 Å². The lowest BCUT2D eigenvalue weighted by Crippen LogP contribution is -2.08. The van der Waals surface area contributed by atoms with Gasteiger partial charge in [0.2, 0.25) is 0 Å². The number of rotatable bonds is 2. The third-order valence-electron chi connectivity index (χ3n) is 4.29. The number of carbonyl (C=O) groups excluding carboxylic acids is 1. The Labute approximate surface area is 119 Å². The van der Waals surface area contributed by atoms with Crippen molar-refractivity contribution in [1.82, 2.24) is 9.78 Å². The van der Waals surface area contributed by atoms with Crippen molar-refractivity contribution >= 4 is 5.97 Å². The SMILES string of the molecule is COC(=O)c1nn(-c2ccc(F)cc2F)c2c1C1CC1C2. The van der Waals surface area contributed by atoms with Crippen LogP contribution in [0.25, 0.3) is 5.69 Å². The minimum atomic E-state index is -0.697. The summed E-state index contributed by atoms with van der Waals surface area (Å²) in [5, 5.41) is 4.22. The lowest BCUT2D eigenvalue weighted by molar-refractivity contribution is 0.0592. The number of esters is 1. The highest BCUT2D eigenvalue weighted by Crippen LogP contribution is 2.57. The molecule has 2 aliphatic carbocycles. The number of halogens is 2. The van der Waals surface area contributed by atoms with Gasteiger partial charge in [-0.1, -0.05) is 0 Å². The van der Waals surface area contributed by atoms with Gasteiger partial charge >= 0.3 is 5.97 Å². The highest BCUT2D eigenvalue weighted by Gasteiger charge is 2.50. The zero-order valence-corrected chi connectivity index (χ0v) is 11.3. The summed E-state index contributed by atoms with van der Waals surface area (Å²) in [5.74, 6) is -1.02. The Hall–Kier alpha value is -2.24. The first-order valence-electron chi connectivity index (χ1n) is 6.75. The number of hydrogen-bond acceptors (Lipinski definition) is 3. The molecule has 0 N–H and O–H groups in total. The first-order chi connectivity index (χ1) is 10.1. The van der Waals surface area contributed by atoms with Gasteiger partial charge in [-0.25, -0.2) is 18.3 Å². The number of benzene rings is 1. The van der Waals surface area contributed by atoms with Crippen LogP contribution in [0.15, 0.2) is 18.2 Å². The fraction of sp³-hybridized carbons (Fsp3) is 0.333. The molecule has 1 aromatic heterocycles. The summed E-state index contributed by atoms with van der Waals surface area (Å²) in [6.45, 7) is 0. The molecule has 6 heteroatoms. The van der Waals surface area contributed by atoms with Gasteiger partial charge in [0.15, 0.2) is 11.5 Å². The van der Waals surface area contributed by atoms with Gasteiger partial charge in [0, 0.05) is 17.3 Å². The number of methoxy groups -OCH3 is 1. The van der Waals surface area contributed by atoms with E-state index >= 15 is 0 Å². The van der Waals surface area contributed by atoms with E-state index in [1.165, 1.54) is 23.9 Å². The van der Waals surface area contributed by atoms with E-state index in [9.17, 15) is 13.6 Å². The van der Waals surface area contributed by atoms with Crippen molar-refractivity contribution in [1.29, 1.82) is 0 Å². The molecule has 1 heterocycles. The van der Waals surface area contributed by atoms with Gasteiger partial charge in [0.25, 0.3) is 0 Å². The molecule has 4 nitrogen and oxygen atoms in total. The summed E-state index contributed by atoms with van der Waals surface area (Å²) < 4.78 is 33.2. The maximum Gasteiger partial charge on any atom is 0.358 e. The van der Waals surface area contributed by atoms with Crippen LogP contribution in [0.2, 0.25) is 0 Å². The zero-order valence-electron chi connectivity index (χ0n) is 11.3. The Kier molecular flexibility index (Phi) is 2.46. The van der Waals surface area contributed by atoms with Crippen molar-refractivity contribution in [3.05, 3.63) is 46.8 Å². The molecule has 4 rings (SSSR count). The predicted molar refractivity (Wildman–Crippen MR) is 69.4 cm³/mol. The molecule has 0 saturated heterocycles. The second-order valence-corrected chi connectivity index (χ2v) is 5.51. The number of aromatic nitrogens is 2. The van der Waals surface area contributed by atoms with Crippen LogP contribution in [0.5, 0.6) is 0 Å². The quantitative estimate of drug-likeness (QED) is 0.799. The Bertz CT molecular complexity index is 769.